The summed E-state index contributed by atoms with van der Waals surface area (Å²) in [5, 5.41) is 11.3. The summed E-state index contributed by atoms with van der Waals surface area (Å²) >= 11 is 0. The van der Waals surface area contributed by atoms with Crippen LogP contribution in [0, 0.1) is 11.7 Å². The van der Waals surface area contributed by atoms with Crippen LogP contribution in [-0.4, -0.2) is 5.11 Å². The van der Waals surface area contributed by atoms with E-state index in [9.17, 15) is 9.50 Å². The third-order valence-corrected chi connectivity index (χ3v) is 4.34. The van der Waals surface area contributed by atoms with Crippen LogP contribution in [0.5, 0.6) is 0 Å². The second-order valence-electron chi connectivity index (χ2n) is 5.94. The van der Waals surface area contributed by atoms with E-state index in [2.05, 4.69) is 0 Å². The summed E-state index contributed by atoms with van der Waals surface area (Å²) in [6.07, 6.45) is 4.10. The van der Waals surface area contributed by atoms with E-state index in [1.165, 1.54) is 18.9 Å². The lowest BCUT2D eigenvalue weighted by atomic mass is 9.82. The molecule has 1 aliphatic rings. The largest absolute Gasteiger partial charge is 0.396 e. The van der Waals surface area contributed by atoms with E-state index in [1.54, 1.807) is 12.1 Å². The highest BCUT2D eigenvalue weighted by molar-refractivity contribution is 5.47. The molecule has 2 nitrogen and oxygen atoms in total. The van der Waals surface area contributed by atoms with Crippen molar-refractivity contribution >= 4 is 5.69 Å². The molecule has 110 valence electrons. The highest BCUT2D eigenvalue weighted by Gasteiger charge is 2.34. The van der Waals surface area contributed by atoms with Gasteiger partial charge in [0, 0.05) is 0 Å². The monoisotopic (exact) mass is 285 g/mol. The van der Waals surface area contributed by atoms with Crippen LogP contribution in [-0.2, 0) is 5.60 Å². The van der Waals surface area contributed by atoms with Crippen LogP contribution in [0.25, 0.3) is 0 Å². The number of halogens is 1. The van der Waals surface area contributed by atoms with Gasteiger partial charge in [0.05, 0.1) is 5.69 Å². The van der Waals surface area contributed by atoms with Gasteiger partial charge >= 0.3 is 0 Å². The first-order valence-corrected chi connectivity index (χ1v) is 7.43. The van der Waals surface area contributed by atoms with Crippen LogP contribution >= 0.6 is 0 Å². The van der Waals surface area contributed by atoms with E-state index in [1.807, 2.05) is 30.3 Å². The summed E-state index contributed by atoms with van der Waals surface area (Å²) in [5.74, 6) is 0.273. The summed E-state index contributed by atoms with van der Waals surface area (Å²) in [6, 6.07) is 14.1. The van der Waals surface area contributed by atoms with Gasteiger partial charge in [-0.3, -0.25) is 0 Å². The van der Waals surface area contributed by atoms with Crippen LogP contribution in [0.15, 0.2) is 48.5 Å². The number of aliphatic hydroxyl groups is 1. The minimum absolute atomic E-state index is 0.0771. The molecule has 21 heavy (non-hydrogen) atoms. The Bertz CT molecular complexity index is 624. The van der Waals surface area contributed by atoms with Gasteiger partial charge < -0.3 is 10.8 Å². The van der Waals surface area contributed by atoms with Crippen LogP contribution in [0.2, 0.25) is 0 Å². The summed E-state index contributed by atoms with van der Waals surface area (Å²) in [5.41, 5.74) is 6.14. The van der Waals surface area contributed by atoms with Crippen molar-refractivity contribution < 1.29 is 9.50 Å². The maximum atomic E-state index is 13.4. The predicted molar refractivity (Wildman–Crippen MR) is 82.2 cm³/mol. The van der Waals surface area contributed by atoms with Crippen molar-refractivity contribution in [2.75, 3.05) is 5.73 Å². The second kappa shape index (κ2) is 5.49. The Hall–Kier alpha value is -1.87. The van der Waals surface area contributed by atoms with Gasteiger partial charge in [-0.05, 0) is 42.0 Å². The fourth-order valence-corrected chi connectivity index (χ4v) is 2.79. The summed E-state index contributed by atoms with van der Waals surface area (Å²) in [7, 11) is 0. The number of nitrogen functional groups attached to an aromatic ring is 1. The molecule has 0 heterocycles. The molecule has 3 heteroatoms. The molecule has 1 atom stereocenters. The number of anilines is 1. The molecule has 0 radical (unpaired) electrons. The Morgan fingerprint density at radius 1 is 1.10 bits per heavy atom. The van der Waals surface area contributed by atoms with E-state index < -0.39 is 11.4 Å². The lowest BCUT2D eigenvalue weighted by molar-refractivity contribution is 0.0670. The molecule has 1 aliphatic carbocycles. The zero-order chi connectivity index (χ0) is 14.9. The maximum absolute atomic E-state index is 13.4. The third-order valence-electron chi connectivity index (χ3n) is 4.34. The quantitative estimate of drug-likeness (QED) is 0.820. The smallest absolute Gasteiger partial charge is 0.146 e. The standard InChI is InChI=1S/C18H20FNO/c19-16-9-8-15(12-17(16)20)18(21,11-10-13-6-7-13)14-4-2-1-3-5-14/h1-5,8-9,12-13,21H,6-7,10-11,20H2. The van der Waals surface area contributed by atoms with Gasteiger partial charge in [-0.25, -0.2) is 4.39 Å². The SMILES string of the molecule is Nc1cc(C(O)(CCC2CC2)c2ccccc2)ccc1F. The molecule has 0 aromatic heterocycles. The average Bonchev–Trinajstić information content (AvgIpc) is 3.33. The first-order valence-electron chi connectivity index (χ1n) is 7.43. The summed E-state index contributed by atoms with van der Waals surface area (Å²) in [4.78, 5) is 0. The molecular weight excluding hydrogens is 265 g/mol. The molecule has 0 bridgehead atoms. The van der Waals surface area contributed by atoms with Crippen molar-refractivity contribution in [1.29, 1.82) is 0 Å². The van der Waals surface area contributed by atoms with Gasteiger partial charge in [0.25, 0.3) is 0 Å². The minimum Gasteiger partial charge on any atom is -0.396 e. The lowest BCUT2D eigenvalue weighted by Crippen LogP contribution is -2.27. The first-order chi connectivity index (χ1) is 10.1. The van der Waals surface area contributed by atoms with Crippen molar-refractivity contribution in [1.82, 2.24) is 0 Å². The molecule has 1 unspecified atom stereocenters. The van der Waals surface area contributed by atoms with Crippen molar-refractivity contribution in [3.05, 3.63) is 65.5 Å². The number of benzene rings is 2. The van der Waals surface area contributed by atoms with Crippen molar-refractivity contribution in [2.45, 2.75) is 31.3 Å². The van der Waals surface area contributed by atoms with Gasteiger partial charge in [0.1, 0.15) is 11.4 Å². The fourth-order valence-electron chi connectivity index (χ4n) is 2.79. The number of nitrogens with two attached hydrogens (primary N) is 1. The molecule has 0 spiro atoms. The minimum atomic E-state index is -1.11. The normalized spacial score (nSPS) is 17.4. The molecule has 0 saturated heterocycles. The van der Waals surface area contributed by atoms with Crippen molar-refractivity contribution in [2.24, 2.45) is 5.92 Å². The van der Waals surface area contributed by atoms with E-state index in [4.69, 9.17) is 5.73 Å². The van der Waals surface area contributed by atoms with E-state index in [0.717, 1.165) is 17.9 Å². The molecule has 3 N–H and O–H groups in total. The zero-order valence-corrected chi connectivity index (χ0v) is 11.9. The van der Waals surface area contributed by atoms with E-state index in [0.29, 0.717) is 12.0 Å². The molecule has 0 amide bonds. The molecule has 2 aromatic rings. The predicted octanol–water partition coefficient (Wildman–Crippen LogP) is 3.83. The Kier molecular flexibility index (Phi) is 3.68. The Morgan fingerprint density at radius 3 is 2.43 bits per heavy atom. The van der Waals surface area contributed by atoms with E-state index >= 15 is 0 Å². The molecule has 3 rings (SSSR count). The van der Waals surface area contributed by atoms with Crippen LogP contribution in [0.1, 0.15) is 36.8 Å². The first kappa shape index (κ1) is 14.1. The zero-order valence-electron chi connectivity index (χ0n) is 11.9. The Morgan fingerprint density at radius 2 is 1.81 bits per heavy atom. The second-order valence-corrected chi connectivity index (χ2v) is 5.94. The lowest BCUT2D eigenvalue weighted by Gasteiger charge is -2.30. The third kappa shape index (κ3) is 2.93. The topological polar surface area (TPSA) is 46.2 Å². The van der Waals surface area contributed by atoms with Gasteiger partial charge in [-0.15, -0.1) is 0 Å². The van der Waals surface area contributed by atoms with Gasteiger partial charge in [-0.1, -0.05) is 49.2 Å². The molecule has 0 aliphatic heterocycles. The molecule has 1 fully saturated rings. The number of hydrogen-bond acceptors (Lipinski definition) is 2. The molecule has 2 aromatic carbocycles. The van der Waals surface area contributed by atoms with Gasteiger partial charge in [0.15, 0.2) is 0 Å². The van der Waals surface area contributed by atoms with Crippen molar-refractivity contribution in [3.8, 4) is 0 Å². The number of rotatable bonds is 5. The summed E-state index contributed by atoms with van der Waals surface area (Å²) in [6.45, 7) is 0. The van der Waals surface area contributed by atoms with Crippen LogP contribution in [0.4, 0.5) is 10.1 Å². The summed E-state index contributed by atoms with van der Waals surface area (Å²) < 4.78 is 13.4. The van der Waals surface area contributed by atoms with Gasteiger partial charge in [0.2, 0.25) is 0 Å². The van der Waals surface area contributed by atoms with Crippen LogP contribution < -0.4 is 5.73 Å². The van der Waals surface area contributed by atoms with Crippen molar-refractivity contribution in [3.63, 3.8) is 0 Å². The maximum Gasteiger partial charge on any atom is 0.146 e. The Balaban J connectivity index is 1.99. The highest BCUT2D eigenvalue weighted by Crippen LogP contribution is 2.41. The highest BCUT2D eigenvalue weighted by atomic mass is 19.1. The molecular formula is C18H20FNO. The van der Waals surface area contributed by atoms with Gasteiger partial charge in [-0.2, -0.15) is 0 Å². The fraction of sp³-hybridized carbons (Fsp3) is 0.333. The number of hydrogen-bond donors (Lipinski definition) is 2. The Labute approximate surface area is 124 Å². The molecule has 1 saturated carbocycles. The van der Waals surface area contributed by atoms with Crippen LogP contribution in [0.3, 0.4) is 0 Å². The average molecular weight is 285 g/mol. The van der Waals surface area contributed by atoms with E-state index in [-0.39, 0.29) is 5.69 Å².